The van der Waals surface area contributed by atoms with Crippen molar-refractivity contribution in [2.45, 2.75) is 57.5 Å². The Labute approximate surface area is 144 Å². The van der Waals surface area contributed by atoms with Gasteiger partial charge in [-0.3, -0.25) is 0 Å². The number of benzene rings is 1. The van der Waals surface area contributed by atoms with Crippen molar-refractivity contribution >= 4 is 31.5 Å². The SMILES string of the molecule is CC(C)(C)[Si](C)(C)OC(CC(O)CN)c1ccc(Cl)c(Cl)c1. The van der Waals surface area contributed by atoms with E-state index in [0.29, 0.717) is 16.5 Å². The van der Waals surface area contributed by atoms with E-state index in [1.165, 1.54) is 0 Å². The second kappa shape index (κ2) is 7.64. The van der Waals surface area contributed by atoms with E-state index in [1.807, 2.05) is 12.1 Å². The summed E-state index contributed by atoms with van der Waals surface area (Å²) in [4.78, 5) is 0. The predicted molar refractivity (Wildman–Crippen MR) is 97.2 cm³/mol. The molecule has 6 heteroatoms. The fraction of sp³-hybridized carbons (Fsp3) is 0.625. The third-order valence-corrected chi connectivity index (χ3v) is 9.54. The van der Waals surface area contributed by atoms with Crippen LogP contribution < -0.4 is 5.73 Å². The van der Waals surface area contributed by atoms with Crippen LogP contribution in [-0.4, -0.2) is 26.1 Å². The van der Waals surface area contributed by atoms with Gasteiger partial charge in [-0.1, -0.05) is 50.0 Å². The van der Waals surface area contributed by atoms with Crippen molar-refractivity contribution in [1.29, 1.82) is 0 Å². The molecule has 0 radical (unpaired) electrons. The van der Waals surface area contributed by atoms with Crippen LogP contribution in [0.4, 0.5) is 0 Å². The predicted octanol–water partition coefficient (Wildman–Crippen LogP) is 4.77. The van der Waals surface area contributed by atoms with Crippen molar-refractivity contribution in [3.8, 4) is 0 Å². The topological polar surface area (TPSA) is 55.5 Å². The molecular weight excluding hydrogens is 337 g/mol. The standard InChI is InChI=1S/C16H27Cl2NO2Si/c1-16(2,3)22(4,5)21-15(9-12(20)10-19)11-6-7-13(17)14(18)8-11/h6-8,12,15,20H,9-10,19H2,1-5H3. The zero-order valence-electron chi connectivity index (χ0n) is 14.0. The van der Waals surface area contributed by atoms with E-state index in [4.69, 9.17) is 33.4 Å². The lowest BCUT2D eigenvalue weighted by Crippen LogP contribution is -2.42. The quantitative estimate of drug-likeness (QED) is 0.715. The van der Waals surface area contributed by atoms with Crippen LogP contribution in [0, 0.1) is 0 Å². The van der Waals surface area contributed by atoms with Crippen LogP contribution in [0.5, 0.6) is 0 Å². The van der Waals surface area contributed by atoms with Gasteiger partial charge in [0.05, 0.1) is 22.3 Å². The number of aliphatic hydroxyl groups is 1. The minimum atomic E-state index is -1.99. The Kier molecular flexibility index (Phi) is 6.93. The molecule has 0 spiro atoms. The first-order valence-corrected chi connectivity index (χ1v) is 11.1. The molecule has 2 unspecified atom stereocenters. The van der Waals surface area contributed by atoms with Crippen LogP contribution in [0.15, 0.2) is 18.2 Å². The molecule has 3 N–H and O–H groups in total. The molecular formula is C16H27Cl2NO2Si. The van der Waals surface area contributed by atoms with Crippen molar-refractivity contribution in [1.82, 2.24) is 0 Å². The van der Waals surface area contributed by atoms with Crippen LogP contribution >= 0.6 is 23.2 Å². The van der Waals surface area contributed by atoms with Crippen molar-refractivity contribution < 1.29 is 9.53 Å². The molecule has 0 saturated carbocycles. The fourth-order valence-electron chi connectivity index (χ4n) is 1.84. The zero-order chi connectivity index (χ0) is 17.1. The van der Waals surface area contributed by atoms with Crippen molar-refractivity contribution in [3.05, 3.63) is 33.8 Å². The second-order valence-corrected chi connectivity index (χ2v) is 12.7. The second-order valence-electron chi connectivity index (χ2n) is 7.17. The van der Waals surface area contributed by atoms with Crippen LogP contribution in [0.25, 0.3) is 0 Å². The third-order valence-electron chi connectivity index (χ3n) is 4.32. The zero-order valence-corrected chi connectivity index (χ0v) is 16.5. The summed E-state index contributed by atoms with van der Waals surface area (Å²) in [6, 6.07) is 5.47. The van der Waals surface area contributed by atoms with Gasteiger partial charge in [0, 0.05) is 13.0 Å². The smallest absolute Gasteiger partial charge is 0.192 e. The molecule has 0 aliphatic rings. The maximum atomic E-state index is 9.96. The van der Waals surface area contributed by atoms with Crippen molar-refractivity contribution in [2.75, 3.05) is 6.54 Å². The number of hydrogen-bond donors (Lipinski definition) is 2. The third kappa shape index (κ3) is 5.22. The minimum Gasteiger partial charge on any atom is -0.410 e. The van der Waals surface area contributed by atoms with Crippen LogP contribution in [0.3, 0.4) is 0 Å². The van der Waals surface area contributed by atoms with Gasteiger partial charge in [0.15, 0.2) is 8.32 Å². The number of nitrogens with two attached hydrogens (primary N) is 1. The van der Waals surface area contributed by atoms with E-state index in [0.717, 1.165) is 5.56 Å². The lowest BCUT2D eigenvalue weighted by atomic mass is 10.0. The highest BCUT2D eigenvalue weighted by Crippen LogP contribution is 2.41. The van der Waals surface area contributed by atoms with Gasteiger partial charge in [0.2, 0.25) is 0 Å². The molecule has 1 aromatic carbocycles. The first-order valence-electron chi connectivity index (χ1n) is 7.49. The molecule has 0 fully saturated rings. The molecule has 0 bridgehead atoms. The summed E-state index contributed by atoms with van der Waals surface area (Å²) in [6.07, 6.45) is -0.403. The summed E-state index contributed by atoms with van der Waals surface area (Å²) in [6.45, 7) is 11.1. The van der Waals surface area contributed by atoms with Gasteiger partial charge < -0.3 is 15.3 Å². The summed E-state index contributed by atoms with van der Waals surface area (Å²) in [7, 11) is -1.99. The molecule has 0 aromatic heterocycles. The van der Waals surface area contributed by atoms with Gasteiger partial charge >= 0.3 is 0 Å². The van der Waals surface area contributed by atoms with Crippen LogP contribution in [-0.2, 0) is 4.43 Å². The number of hydrogen-bond acceptors (Lipinski definition) is 3. The maximum Gasteiger partial charge on any atom is 0.192 e. The van der Waals surface area contributed by atoms with E-state index in [9.17, 15) is 5.11 Å². The van der Waals surface area contributed by atoms with Crippen molar-refractivity contribution in [2.24, 2.45) is 5.73 Å². The largest absolute Gasteiger partial charge is 0.410 e. The highest BCUT2D eigenvalue weighted by atomic mass is 35.5. The van der Waals surface area contributed by atoms with Crippen LogP contribution in [0.2, 0.25) is 28.2 Å². The molecule has 0 aliphatic heterocycles. The van der Waals surface area contributed by atoms with E-state index in [-0.39, 0.29) is 17.7 Å². The highest BCUT2D eigenvalue weighted by Gasteiger charge is 2.39. The number of aliphatic hydroxyl groups excluding tert-OH is 1. The normalized spacial score (nSPS) is 15.7. The monoisotopic (exact) mass is 363 g/mol. The molecule has 1 aromatic rings. The lowest BCUT2D eigenvalue weighted by Gasteiger charge is -2.40. The molecule has 0 saturated heterocycles. The highest BCUT2D eigenvalue weighted by molar-refractivity contribution is 6.74. The molecule has 22 heavy (non-hydrogen) atoms. The van der Waals surface area contributed by atoms with Gasteiger partial charge in [-0.15, -0.1) is 0 Å². The maximum absolute atomic E-state index is 9.96. The van der Waals surface area contributed by atoms with Gasteiger partial charge in [-0.2, -0.15) is 0 Å². The average Bonchev–Trinajstić information content (AvgIpc) is 2.39. The van der Waals surface area contributed by atoms with E-state index in [1.54, 1.807) is 6.07 Å². The van der Waals surface area contributed by atoms with Crippen LogP contribution in [0.1, 0.15) is 38.9 Å². The Hall–Kier alpha value is -0.103. The molecule has 0 aliphatic carbocycles. The molecule has 126 valence electrons. The Morgan fingerprint density at radius 2 is 1.82 bits per heavy atom. The van der Waals surface area contributed by atoms with E-state index in [2.05, 4.69) is 33.9 Å². The number of rotatable bonds is 6. The fourth-order valence-corrected chi connectivity index (χ4v) is 3.44. The first-order chi connectivity index (χ1) is 9.98. The summed E-state index contributed by atoms with van der Waals surface area (Å²) < 4.78 is 6.48. The van der Waals surface area contributed by atoms with Gasteiger partial charge in [0.25, 0.3) is 0 Å². The Balaban J connectivity index is 3.10. The van der Waals surface area contributed by atoms with Gasteiger partial charge in [-0.05, 0) is 35.8 Å². The first kappa shape index (κ1) is 19.9. The lowest BCUT2D eigenvalue weighted by molar-refractivity contribution is 0.0909. The van der Waals surface area contributed by atoms with E-state index >= 15 is 0 Å². The molecule has 0 amide bonds. The Bertz CT molecular complexity index is 503. The van der Waals surface area contributed by atoms with E-state index < -0.39 is 14.4 Å². The van der Waals surface area contributed by atoms with Gasteiger partial charge in [0.1, 0.15) is 0 Å². The Morgan fingerprint density at radius 1 is 1.23 bits per heavy atom. The summed E-state index contributed by atoms with van der Waals surface area (Å²) >= 11 is 12.1. The summed E-state index contributed by atoms with van der Waals surface area (Å²) in [5.41, 5.74) is 6.48. The molecule has 3 nitrogen and oxygen atoms in total. The summed E-state index contributed by atoms with van der Waals surface area (Å²) in [5.74, 6) is 0. The van der Waals surface area contributed by atoms with Crippen molar-refractivity contribution in [3.63, 3.8) is 0 Å². The van der Waals surface area contributed by atoms with Gasteiger partial charge in [-0.25, -0.2) is 0 Å². The Morgan fingerprint density at radius 3 is 2.27 bits per heavy atom. The average molecular weight is 364 g/mol. The molecule has 0 heterocycles. The summed E-state index contributed by atoms with van der Waals surface area (Å²) in [5, 5.41) is 11.0. The molecule has 1 rings (SSSR count). The number of halogens is 2. The molecule has 2 atom stereocenters. The minimum absolute atomic E-state index is 0.0785.